The van der Waals surface area contributed by atoms with Crippen LogP contribution in [-0.2, 0) is 0 Å². The fourth-order valence-corrected chi connectivity index (χ4v) is 15.9. The lowest BCUT2D eigenvalue weighted by atomic mass is 9.94. The second kappa shape index (κ2) is 27.6. The zero-order valence-electron chi connectivity index (χ0n) is 56.6. The summed E-state index contributed by atoms with van der Waals surface area (Å²) in [6.45, 7) is 0. The molecule has 6 aromatic heterocycles. The molecular weight excluding hydrogens is 1400 g/mol. The third-order valence-corrected chi connectivity index (χ3v) is 21.1. The van der Waals surface area contributed by atoms with E-state index in [0.29, 0.717) is 13.4 Å². The van der Waals surface area contributed by atoms with E-state index in [9.17, 15) is 0 Å². The van der Waals surface area contributed by atoms with E-state index in [-0.39, 0.29) is 14.9 Å². The zero-order valence-corrected chi connectivity index (χ0v) is 58.2. The largest absolute Gasteiger partial charge is 0.569 e. The second-order valence-corrected chi connectivity index (χ2v) is 27.4. The van der Waals surface area contributed by atoms with Crippen LogP contribution in [0.2, 0.25) is 0 Å². The first-order chi connectivity index (χ1) is 52.4. The molecule has 0 bridgehead atoms. The van der Waals surface area contributed by atoms with Crippen molar-refractivity contribution in [1.29, 1.82) is 0 Å². The molecule has 0 aliphatic carbocycles. The van der Waals surface area contributed by atoms with Crippen molar-refractivity contribution in [3.05, 3.63) is 344 Å². The van der Waals surface area contributed by atoms with Gasteiger partial charge in [0.15, 0.2) is 5.58 Å². The van der Waals surface area contributed by atoms with E-state index < -0.39 is 0 Å². The van der Waals surface area contributed by atoms with Gasteiger partial charge in [-0.05, 0) is 204 Å². The summed E-state index contributed by atoms with van der Waals surface area (Å²) in [6, 6.07) is 117. The molecule has 515 valence electrons. The highest BCUT2D eigenvalue weighted by molar-refractivity contribution is 9.10. The van der Waals surface area contributed by atoms with Crippen LogP contribution in [0.15, 0.2) is 371 Å². The molecular formula is C98H65BBrO8. The van der Waals surface area contributed by atoms with Crippen LogP contribution in [0, 0.1) is 0 Å². The van der Waals surface area contributed by atoms with Gasteiger partial charge in [0.2, 0.25) is 0 Å². The summed E-state index contributed by atoms with van der Waals surface area (Å²) in [4.78, 5) is 0. The molecule has 0 amide bonds. The Bertz CT molecular complexity index is 7130. The number of furan rings is 6. The molecule has 0 atom stereocenters. The first kappa shape index (κ1) is 66.6. The molecule has 0 saturated heterocycles. The number of rotatable bonds is 9. The summed E-state index contributed by atoms with van der Waals surface area (Å²) < 4.78 is 44.4. The highest BCUT2D eigenvalue weighted by atomic mass is 79.9. The predicted octanol–water partition coefficient (Wildman–Crippen LogP) is 29.1. The first-order valence-corrected chi connectivity index (χ1v) is 35.9. The van der Waals surface area contributed by atoms with E-state index in [2.05, 4.69) is 283 Å². The lowest BCUT2D eigenvalue weighted by molar-refractivity contribution is 0.454. The van der Waals surface area contributed by atoms with Crippen LogP contribution < -0.4 is 4.65 Å². The van der Waals surface area contributed by atoms with Crippen molar-refractivity contribution in [2.24, 2.45) is 0 Å². The molecule has 10 heteroatoms. The van der Waals surface area contributed by atoms with Crippen molar-refractivity contribution in [1.82, 2.24) is 0 Å². The normalized spacial score (nSPS) is 11.5. The van der Waals surface area contributed by atoms with Gasteiger partial charge in [-0.25, -0.2) is 0 Å². The Balaban J connectivity index is 0.000000124. The summed E-state index contributed by atoms with van der Waals surface area (Å²) >= 11 is 3.85. The molecule has 6 heterocycles. The highest BCUT2D eigenvalue weighted by Crippen LogP contribution is 2.49. The summed E-state index contributed by atoms with van der Waals surface area (Å²) in [5, 5.41) is 21.3. The van der Waals surface area contributed by atoms with Crippen LogP contribution in [-0.4, -0.2) is 12.7 Å². The Morgan fingerprint density at radius 1 is 0.222 bits per heavy atom. The molecule has 0 unspecified atom stereocenters. The van der Waals surface area contributed by atoms with Crippen molar-refractivity contribution in [2.45, 2.75) is 14.9 Å². The summed E-state index contributed by atoms with van der Waals surface area (Å²) in [5.41, 5.74) is 26.1. The fraction of sp³-hybridized carbons (Fsp3) is 0.0204. The van der Waals surface area contributed by atoms with E-state index in [0.717, 1.165) is 186 Å². The van der Waals surface area contributed by atoms with Crippen LogP contribution in [0.25, 0.3) is 210 Å². The van der Waals surface area contributed by atoms with Gasteiger partial charge in [-0.15, -0.1) is 0 Å². The van der Waals surface area contributed by atoms with Gasteiger partial charge in [0.1, 0.15) is 67.2 Å². The van der Waals surface area contributed by atoms with Crippen LogP contribution in [0.1, 0.15) is 14.9 Å². The highest BCUT2D eigenvalue weighted by Gasteiger charge is 2.25. The SMILES string of the molecule is Brc1c2oc3ccc(-c4ccccc4)cc3c2cc2oc3ccc(-c4ccccc4)cc3c12.C.C.O[B]Oc1ccc2oc3ccc(-c4ccccc4)cc3c2c1.c1ccc(-c2ccc3oc4ccc(-c5c6oc7ccc(-c8ccccc8)cc7c6cc6oc7ccc(-c8ccccc8)cc7c56)cc4c3c2)cc1. The molecule has 0 aliphatic rings. The van der Waals surface area contributed by atoms with E-state index >= 15 is 0 Å². The summed E-state index contributed by atoms with van der Waals surface area (Å²) in [6.07, 6.45) is 0. The quantitative estimate of drug-likeness (QED) is 0.142. The smallest absolute Gasteiger partial charge is 0.537 e. The first-order valence-electron chi connectivity index (χ1n) is 35.1. The maximum atomic E-state index is 8.78. The van der Waals surface area contributed by atoms with Gasteiger partial charge < -0.3 is 36.2 Å². The Morgan fingerprint density at radius 3 is 0.852 bits per heavy atom. The van der Waals surface area contributed by atoms with Crippen LogP contribution >= 0.6 is 15.9 Å². The van der Waals surface area contributed by atoms with E-state index in [4.69, 9.17) is 36.2 Å². The lowest BCUT2D eigenvalue weighted by Gasteiger charge is -2.07. The van der Waals surface area contributed by atoms with Crippen molar-refractivity contribution in [3.63, 3.8) is 0 Å². The summed E-state index contributed by atoms with van der Waals surface area (Å²) in [5.74, 6) is 0.572. The molecule has 1 radical (unpaired) electrons. The minimum absolute atomic E-state index is 0. The Morgan fingerprint density at radius 2 is 0.481 bits per heavy atom. The Hall–Kier alpha value is -13.4. The molecule has 0 spiro atoms. The van der Waals surface area contributed by atoms with Crippen molar-refractivity contribution >= 4 is 155 Å². The molecule has 1 N–H and O–H groups in total. The molecule has 0 fully saturated rings. The fourth-order valence-electron chi connectivity index (χ4n) is 15.2. The number of hydrogen-bond donors (Lipinski definition) is 1. The van der Waals surface area contributed by atoms with Crippen molar-refractivity contribution < 1.29 is 36.2 Å². The standard InChI is InChI=1S/C48H28O3.C30H17BrO2.C18H12BO3.2CH4/c1-4-10-29(11-5-1)32-16-20-41-36(24-32)37-27-35(19-23-42(37)49-41)46-47-40-26-34(31-14-8-3-9-15-31)18-22-44(40)50-45(47)28-39-38-25-33(30-12-6-2-7-13-30)17-21-43(38)51-48(39)46;31-29-28-24-16-21(19-9-5-2-6-10-19)12-14-26(24)32-27(28)17-23-22-15-20(18-7-3-1-4-8-18)11-13-25(22)33-30(23)29;20-19-22-14-7-9-18-16(11-14)15-10-13(6-8-17(15)21-18)12-4-2-1-3-5-12;;/h1-28H;1-17H;1-11,20H;2*1H4. The molecule has 0 aliphatic heterocycles. The molecule has 16 aromatic carbocycles. The zero-order chi connectivity index (χ0) is 70.3. The van der Waals surface area contributed by atoms with E-state index in [1.807, 2.05) is 66.7 Å². The van der Waals surface area contributed by atoms with Gasteiger partial charge in [0.05, 0.1) is 4.47 Å². The molecule has 108 heavy (non-hydrogen) atoms. The second-order valence-electron chi connectivity index (χ2n) is 26.6. The Labute approximate surface area is 629 Å². The molecule has 8 nitrogen and oxygen atoms in total. The average Bonchev–Trinajstić information content (AvgIpc) is 1.56. The number of benzene rings is 16. The minimum atomic E-state index is 0. The minimum Gasteiger partial charge on any atom is -0.537 e. The van der Waals surface area contributed by atoms with Gasteiger partial charge in [0, 0.05) is 70.2 Å². The van der Waals surface area contributed by atoms with Gasteiger partial charge in [-0.1, -0.05) is 239 Å². The topological polar surface area (TPSA) is 108 Å². The number of halogens is 1. The molecule has 22 aromatic rings. The molecule has 0 saturated carbocycles. The maximum Gasteiger partial charge on any atom is 0.569 e. The van der Waals surface area contributed by atoms with Crippen LogP contribution in [0.3, 0.4) is 0 Å². The third-order valence-electron chi connectivity index (χ3n) is 20.4. The van der Waals surface area contributed by atoms with Crippen molar-refractivity contribution in [2.75, 3.05) is 0 Å². The van der Waals surface area contributed by atoms with Crippen molar-refractivity contribution in [3.8, 4) is 83.6 Å². The van der Waals surface area contributed by atoms with Gasteiger partial charge in [-0.3, -0.25) is 0 Å². The maximum absolute atomic E-state index is 8.78. The van der Waals surface area contributed by atoms with Gasteiger partial charge in [0.25, 0.3) is 0 Å². The third kappa shape index (κ3) is 11.7. The molecule has 22 rings (SSSR count). The average molecular weight is 1460 g/mol. The lowest BCUT2D eigenvalue weighted by Crippen LogP contribution is -1.98. The number of fused-ring (bicyclic) bond motifs is 18. The predicted molar refractivity (Wildman–Crippen MR) is 451 cm³/mol. The van der Waals surface area contributed by atoms with E-state index in [1.54, 1.807) is 6.07 Å². The van der Waals surface area contributed by atoms with Gasteiger partial charge >= 0.3 is 7.69 Å². The van der Waals surface area contributed by atoms with Gasteiger partial charge in [-0.2, -0.15) is 0 Å². The summed E-state index contributed by atoms with van der Waals surface area (Å²) in [7, 11) is 0.679. The monoisotopic (exact) mass is 1460 g/mol. The van der Waals surface area contributed by atoms with Crippen LogP contribution in [0.5, 0.6) is 5.75 Å². The number of hydrogen-bond acceptors (Lipinski definition) is 8. The van der Waals surface area contributed by atoms with Crippen LogP contribution in [0.4, 0.5) is 0 Å². The van der Waals surface area contributed by atoms with E-state index in [1.165, 1.54) is 27.8 Å². The Kier molecular flexibility index (Phi) is 17.0.